The first-order chi connectivity index (χ1) is 9.48. The van der Waals surface area contributed by atoms with E-state index in [4.69, 9.17) is 0 Å². The van der Waals surface area contributed by atoms with E-state index in [2.05, 4.69) is 0 Å². The highest BCUT2D eigenvalue weighted by Crippen LogP contribution is 2.49. The molecule has 1 aliphatic carbocycles. The van der Waals surface area contributed by atoms with E-state index < -0.39 is 5.41 Å². The Bertz CT molecular complexity index is 596. The molecule has 1 saturated carbocycles. The molecule has 1 aromatic carbocycles. The monoisotopic (exact) mass is 275 g/mol. The Kier molecular flexibility index (Phi) is 2.92. The zero-order valence-corrected chi connectivity index (χ0v) is 11.8. The zero-order valence-electron chi connectivity index (χ0n) is 11.8. The van der Waals surface area contributed by atoms with Crippen molar-refractivity contribution >= 4 is 17.4 Å². The number of carbonyl (C=O) groups excluding carboxylic acids is 2. The lowest BCUT2D eigenvalue weighted by atomic mass is 9.69. The van der Waals surface area contributed by atoms with Crippen LogP contribution in [0.5, 0.6) is 0 Å². The Morgan fingerprint density at radius 2 is 2.00 bits per heavy atom. The highest BCUT2D eigenvalue weighted by atomic mass is 19.1. The molecule has 1 heterocycles. The van der Waals surface area contributed by atoms with Crippen LogP contribution in [0.1, 0.15) is 45.1 Å². The van der Waals surface area contributed by atoms with Crippen molar-refractivity contribution in [3.8, 4) is 0 Å². The average Bonchev–Trinajstić information content (AvgIpc) is 2.63. The summed E-state index contributed by atoms with van der Waals surface area (Å²) in [5.74, 6) is -0.610. The van der Waals surface area contributed by atoms with E-state index in [1.165, 1.54) is 12.1 Å². The number of benzene rings is 1. The van der Waals surface area contributed by atoms with Crippen molar-refractivity contribution in [2.75, 3.05) is 4.90 Å². The van der Waals surface area contributed by atoms with E-state index in [1.54, 1.807) is 11.0 Å². The molecule has 1 aliphatic heterocycles. The molecule has 1 fully saturated rings. The molecule has 20 heavy (non-hydrogen) atoms. The van der Waals surface area contributed by atoms with Gasteiger partial charge in [0.15, 0.2) is 5.78 Å². The molecule has 0 aromatic heterocycles. The second-order valence-electron chi connectivity index (χ2n) is 5.97. The fourth-order valence-electron chi connectivity index (χ4n) is 3.54. The number of rotatable bonds is 1. The molecule has 0 bridgehead atoms. The van der Waals surface area contributed by atoms with E-state index >= 15 is 0 Å². The quantitative estimate of drug-likeness (QED) is 0.739. The summed E-state index contributed by atoms with van der Waals surface area (Å²) in [7, 11) is 0. The van der Waals surface area contributed by atoms with Gasteiger partial charge in [-0.25, -0.2) is 4.39 Å². The zero-order chi connectivity index (χ0) is 14.5. The number of carbonyl (C=O) groups is 2. The summed E-state index contributed by atoms with van der Waals surface area (Å²) in [6.45, 7) is 3.83. The van der Waals surface area contributed by atoms with Gasteiger partial charge < -0.3 is 4.90 Å². The third-order valence-corrected chi connectivity index (χ3v) is 4.46. The van der Waals surface area contributed by atoms with Crippen LogP contribution in [0.4, 0.5) is 10.1 Å². The molecule has 3 nitrogen and oxygen atoms in total. The van der Waals surface area contributed by atoms with Crippen LogP contribution in [0.3, 0.4) is 0 Å². The number of halogens is 1. The maximum absolute atomic E-state index is 13.6. The number of amides is 1. The molecule has 0 N–H and O–H groups in total. The molecule has 1 atom stereocenters. The Balaban J connectivity index is 2.25. The molecular weight excluding hydrogens is 257 g/mol. The van der Waals surface area contributed by atoms with Gasteiger partial charge in [0.2, 0.25) is 5.91 Å². The van der Waals surface area contributed by atoms with Gasteiger partial charge >= 0.3 is 0 Å². The summed E-state index contributed by atoms with van der Waals surface area (Å²) in [5, 5.41) is 0. The van der Waals surface area contributed by atoms with E-state index in [0.29, 0.717) is 24.1 Å². The van der Waals surface area contributed by atoms with Crippen LogP contribution in [0, 0.1) is 5.82 Å². The van der Waals surface area contributed by atoms with Gasteiger partial charge in [-0.15, -0.1) is 0 Å². The first-order valence-corrected chi connectivity index (χ1v) is 7.15. The third-order valence-electron chi connectivity index (χ3n) is 4.46. The molecule has 4 heteroatoms. The van der Waals surface area contributed by atoms with Crippen LogP contribution in [0.2, 0.25) is 0 Å². The van der Waals surface area contributed by atoms with Gasteiger partial charge in [0.25, 0.3) is 0 Å². The van der Waals surface area contributed by atoms with E-state index in [9.17, 15) is 14.0 Å². The Hall–Kier alpha value is -1.71. The third kappa shape index (κ3) is 1.57. The fourth-order valence-corrected chi connectivity index (χ4v) is 3.54. The van der Waals surface area contributed by atoms with Crippen molar-refractivity contribution in [1.29, 1.82) is 0 Å². The molecule has 0 radical (unpaired) electrons. The lowest BCUT2D eigenvalue weighted by Gasteiger charge is -2.31. The summed E-state index contributed by atoms with van der Waals surface area (Å²) in [4.78, 5) is 27.0. The molecule has 3 rings (SSSR count). The average molecular weight is 275 g/mol. The van der Waals surface area contributed by atoms with Crippen molar-refractivity contribution in [2.45, 2.75) is 51.0 Å². The molecule has 1 amide bonds. The molecule has 2 aliphatic rings. The van der Waals surface area contributed by atoms with Gasteiger partial charge in [0.1, 0.15) is 11.2 Å². The minimum absolute atomic E-state index is 0.0409. The van der Waals surface area contributed by atoms with Gasteiger partial charge in [-0.3, -0.25) is 9.59 Å². The Labute approximate surface area is 117 Å². The highest BCUT2D eigenvalue weighted by molar-refractivity contribution is 6.22. The van der Waals surface area contributed by atoms with Gasteiger partial charge in [-0.05, 0) is 44.9 Å². The minimum atomic E-state index is -1.13. The van der Waals surface area contributed by atoms with Crippen molar-refractivity contribution < 1.29 is 14.0 Å². The van der Waals surface area contributed by atoms with Crippen LogP contribution in [0.25, 0.3) is 0 Å². The van der Waals surface area contributed by atoms with Crippen LogP contribution in [0.15, 0.2) is 18.2 Å². The highest BCUT2D eigenvalue weighted by Gasteiger charge is 2.56. The number of hydrogen-bond donors (Lipinski definition) is 0. The number of nitrogens with zero attached hydrogens (tertiary/aromatic N) is 1. The summed E-state index contributed by atoms with van der Waals surface area (Å²) < 4.78 is 13.6. The van der Waals surface area contributed by atoms with Crippen LogP contribution in [-0.2, 0) is 15.0 Å². The number of anilines is 1. The summed E-state index contributed by atoms with van der Waals surface area (Å²) in [6.07, 6.45) is 2.57. The summed E-state index contributed by atoms with van der Waals surface area (Å²) in [6, 6.07) is 4.31. The Morgan fingerprint density at radius 1 is 1.25 bits per heavy atom. The molecular formula is C16H18FNO2. The maximum Gasteiger partial charge on any atom is 0.245 e. The summed E-state index contributed by atoms with van der Waals surface area (Å²) >= 11 is 0. The largest absolute Gasteiger partial charge is 0.308 e. The van der Waals surface area contributed by atoms with Gasteiger partial charge in [0.05, 0.1) is 0 Å². The molecule has 1 unspecified atom stereocenters. The van der Waals surface area contributed by atoms with Crippen LogP contribution < -0.4 is 4.90 Å². The summed E-state index contributed by atoms with van der Waals surface area (Å²) in [5.41, 5.74) is 0.141. The van der Waals surface area contributed by atoms with E-state index in [-0.39, 0.29) is 23.5 Å². The Morgan fingerprint density at radius 3 is 2.65 bits per heavy atom. The fraction of sp³-hybridized carbons (Fsp3) is 0.500. The predicted octanol–water partition coefficient (Wildman–Crippen LogP) is 2.96. The SMILES string of the molecule is CC(C)N1C(=O)C2(CCCCC2=O)c2cc(F)ccc21. The molecule has 0 saturated heterocycles. The molecule has 1 spiro atoms. The van der Waals surface area contributed by atoms with Crippen molar-refractivity contribution in [1.82, 2.24) is 0 Å². The first-order valence-electron chi connectivity index (χ1n) is 7.15. The number of Topliss-reactive ketones (excluding diaryl/α,β-unsaturated/α-hetero) is 1. The van der Waals surface area contributed by atoms with Crippen LogP contribution in [-0.4, -0.2) is 17.7 Å². The van der Waals surface area contributed by atoms with Gasteiger partial charge in [-0.2, -0.15) is 0 Å². The second-order valence-corrected chi connectivity index (χ2v) is 5.97. The van der Waals surface area contributed by atoms with E-state index in [0.717, 1.165) is 12.8 Å². The number of ketones is 1. The lowest BCUT2D eigenvalue weighted by molar-refractivity contribution is -0.136. The molecule has 1 aromatic rings. The first kappa shape index (κ1) is 13.3. The topological polar surface area (TPSA) is 37.4 Å². The number of hydrogen-bond acceptors (Lipinski definition) is 2. The van der Waals surface area contributed by atoms with Gasteiger partial charge in [0, 0.05) is 23.7 Å². The standard InChI is InChI=1S/C16H18FNO2/c1-10(2)18-13-7-6-11(17)9-12(13)16(15(18)20)8-4-3-5-14(16)19/h6-7,9-10H,3-5,8H2,1-2H3. The van der Waals surface area contributed by atoms with Gasteiger partial charge in [-0.1, -0.05) is 6.42 Å². The minimum Gasteiger partial charge on any atom is -0.308 e. The normalized spacial score (nSPS) is 25.7. The smallest absolute Gasteiger partial charge is 0.245 e. The van der Waals surface area contributed by atoms with E-state index in [1.807, 2.05) is 13.8 Å². The van der Waals surface area contributed by atoms with Crippen molar-refractivity contribution in [3.05, 3.63) is 29.6 Å². The van der Waals surface area contributed by atoms with Crippen molar-refractivity contribution in [2.24, 2.45) is 0 Å². The predicted molar refractivity (Wildman–Crippen MR) is 74.2 cm³/mol. The number of fused-ring (bicyclic) bond motifs is 2. The second kappa shape index (κ2) is 4.40. The van der Waals surface area contributed by atoms with Crippen LogP contribution >= 0.6 is 0 Å². The lowest BCUT2D eigenvalue weighted by Crippen LogP contribution is -2.49. The van der Waals surface area contributed by atoms with Crippen molar-refractivity contribution in [3.63, 3.8) is 0 Å². The molecule has 106 valence electrons. The maximum atomic E-state index is 13.6.